The quantitative estimate of drug-likeness (QED) is 0.191. The van der Waals surface area contributed by atoms with Crippen LogP contribution in [-0.4, -0.2) is 51.3 Å². The smallest absolute Gasteiger partial charge is 0.330 e. The molecule has 12 heteroatoms. The lowest BCUT2D eigenvalue weighted by Gasteiger charge is -2.25. The number of nitrogens with one attached hydrogen (secondary N) is 1. The van der Waals surface area contributed by atoms with Crippen LogP contribution < -0.4 is 34.9 Å². The van der Waals surface area contributed by atoms with Crippen LogP contribution in [0.2, 0.25) is 10.0 Å². The van der Waals surface area contributed by atoms with E-state index in [1.165, 1.54) is 33.3 Å². The molecule has 0 bridgehead atoms. The summed E-state index contributed by atoms with van der Waals surface area (Å²) in [4.78, 5) is 30.5. The van der Waals surface area contributed by atoms with Crippen molar-refractivity contribution < 1.29 is 28.5 Å². The number of urea groups is 1. The van der Waals surface area contributed by atoms with Gasteiger partial charge in [-0.05, 0) is 47.4 Å². The SMILES string of the molecule is COc1cc(OC)cc(N(C(=O)Nc2ccc3c(c2)CN(C(=O)C(N)Cc2ccc(Cl)cc2Cl)C3)c2cc(OC)cc(OC)c2)c1. The fourth-order valence-electron chi connectivity index (χ4n) is 5.28. The lowest BCUT2D eigenvalue weighted by atomic mass is 10.1. The fraction of sp³-hybridized carbons (Fsp3) is 0.235. The minimum atomic E-state index is -0.777. The second-order valence-electron chi connectivity index (χ2n) is 10.6. The second-order valence-corrected chi connectivity index (χ2v) is 11.5. The lowest BCUT2D eigenvalue weighted by Crippen LogP contribution is -2.42. The van der Waals surface area contributed by atoms with Crippen LogP contribution in [0.25, 0.3) is 0 Å². The molecule has 10 nitrogen and oxygen atoms in total. The predicted octanol–water partition coefficient (Wildman–Crippen LogP) is 6.81. The third-order valence-corrected chi connectivity index (χ3v) is 8.24. The van der Waals surface area contributed by atoms with Crippen LogP contribution in [0.1, 0.15) is 16.7 Å². The number of amides is 3. The van der Waals surface area contributed by atoms with Crippen molar-refractivity contribution in [2.24, 2.45) is 5.73 Å². The van der Waals surface area contributed by atoms with Gasteiger partial charge in [-0.3, -0.25) is 9.69 Å². The maximum Gasteiger partial charge on any atom is 0.330 e. The molecule has 0 saturated carbocycles. The summed E-state index contributed by atoms with van der Waals surface area (Å²) in [5.74, 6) is 1.81. The van der Waals surface area contributed by atoms with Crippen molar-refractivity contribution in [2.75, 3.05) is 38.7 Å². The highest BCUT2D eigenvalue weighted by Crippen LogP contribution is 2.37. The maximum absolute atomic E-state index is 14.0. The van der Waals surface area contributed by atoms with Crippen molar-refractivity contribution in [3.63, 3.8) is 0 Å². The van der Waals surface area contributed by atoms with Gasteiger partial charge in [0.1, 0.15) is 23.0 Å². The Morgan fingerprint density at radius 3 is 1.85 bits per heavy atom. The van der Waals surface area contributed by atoms with Gasteiger partial charge in [-0.15, -0.1) is 0 Å². The number of benzene rings is 4. The number of methoxy groups -OCH3 is 4. The molecule has 3 amide bonds. The first kappa shape index (κ1) is 32.7. The van der Waals surface area contributed by atoms with Crippen LogP contribution in [0.3, 0.4) is 0 Å². The minimum Gasteiger partial charge on any atom is -0.497 e. The summed E-state index contributed by atoms with van der Waals surface area (Å²) in [6.07, 6.45) is 0.281. The van der Waals surface area contributed by atoms with Crippen molar-refractivity contribution in [1.29, 1.82) is 0 Å². The van der Waals surface area contributed by atoms with Gasteiger partial charge in [0, 0.05) is 65.2 Å². The Hall–Kier alpha value is -4.64. The van der Waals surface area contributed by atoms with Gasteiger partial charge in [0.25, 0.3) is 0 Å². The molecule has 0 saturated heterocycles. The number of nitrogens with zero attached hydrogens (tertiary/aromatic N) is 2. The number of hydrogen-bond donors (Lipinski definition) is 2. The third kappa shape index (κ3) is 7.25. The first-order valence-electron chi connectivity index (χ1n) is 14.3. The Balaban J connectivity index is 1.38. The average Bonchev–Trinajstić information content (AvgIpc) is 3.48. The van der Waals surface area contributed by atoms with E-state index in [-0.39, 0.29) is 12.3 Å². The maximum atomic E-state index is 14.0. The Labute approximate surface area is 277 Å². The number of hydrogen-bond acceptors (Lipinski definition) is 7. The van der Waals surface area contributed by atoms with Crippen LogP contribution in [0, 0.1) is 0 Å². The van der Waals surface area contributed by atoms with Crippen molar-refractivity contribution in [3.05, 3.63) is 99.5 Å². The molecule has 1 unspecified atom stereocenters. The first-order valence-corrected chi connectivity index (χ1v) is 15.0. The first-order chi connectivity index (χ1) is 22.1. The zero-order valence-corrected chi connectivity index (χ0v) is 27.3. The van der Waals surface area contributed by atoms with Crippen molar-refractivity contribution in [2.45, 2.75) is 25.6 Å². The number of carbonyl (C=O) groups is 2. The van der Waals surface area contributed by atoms with Crippen LogP contribution in [0.5, 0.6) is 23.0 Å². The van der Waals surface area contributed by atoms with Crippen molar-refractivity contribution in [3.8, 4) is 23.0 Å². The Morgan fingerprint density at radius 1 is 0.783 bits per heavy atom. The zero-order chi connectivity index (χ0) is 33.0. The van der Waals surface area contributed by atoms with Crippen molar-refractivity contribution in [1.82, 2.24) is 4.90 Å². The Morgan fingerprint density at radius 2 is 1.33 bits per heavy atom. The van der Waals surface area contributed by atoms with Crippen LogP contribution in [0.15, 0.2) is 72.8 Å². The van der Waals surface area contributed by atoms with E-state index in [0.717, 1.165) is 16.7 Å². The minimum absolute atomic E-state index is 0.196. The van der Waals surface area contributed by atoms with E-state index in [1.807, 2.05) is 12.1 Å². The van der Waals surface area contributed by atoms with Gasteiger partial charge in [0.2, 0.25) is 5.91 Å². The molecular weight excluding hydrogens is 631 g/mol. The van der Waals surface area contributed by atoms with E-state index < -0.39 is 12.1 Å². The number of halogens is 2. The molecule has 4 aromatic rings. The van der Waals surface area contributed by atoms with Gasteiger partial charge in [0.05, 0.1) is 45.9 Å². The van der Waals surface area contributed by atoms with Crippen LogP contribution in [-0.2, 0) is 24.3 Å². The van der Waals surface area contributed by atoms with Gasteiger partial charge in [-0.2, -0.15) is 0 Å². The van der Waals surface area contributed by atoms with Crippen LogP contribution in [0.4, 0.5) is 21.9 Å². The topological polar surface area (TPSA) is 116 Å². The zero-order valence-electron chi connectivity index (χ0n) is 25.8. The van der Waals surface area contributed by atoms with E-state index in [2.05, 4.69) is 5.32 Å². The molecule has 3 N–H and O–H groups in total. The van der Waals surface area contributed by atoms with Gasteiger partial charge < -0.3 is 34.9 Å². The molecule has 0 fully saturated rings. The highest BCUT2D eigenvalue weighted by molar-refractivity contribution is 6.35. The number of anilines is 3. The molecule has 1 atom stereocenters. The summed E-state index contributed by atoms with van der Waals surface area (Å²) < 4.78 is 21.9. The molecular formula is C34H34Cl2N4O6. The fourth-order valence-corrected chi connectivity index (χ4v) is 5.77. The number of nitrogens with two attached hydrogens (primary N) is 1. The van der Waals surface area contributed by atoms with E-state index >= 15 is 0 Å². The molecule has 46 heavy (non-hydrogen) atoms. The largest absolute Gasteiger partial charge is 0.497 e. The summed E-state index contributed by atoms with van der Waals surface area (Å²) in [5, 5.41) is 3.98. The highest BCUT2D eigenvalue weighted by Gasteiger charge is 2.29. The number of fused-ring (bicyclic) bond motifs is 1. The van der Waals surface area contributed by atoms with Crippen molar-refractivity contribution >= 4 is 52.2 Å². The summed E-state index contributed by atoms with van der Waals surface area (Å²) >= 11 is 12.3. The molecule has 240 valence electrons. The van der Waals surface area contributed by atoms with Gasteiger partial charge >= 0.3 is 6.03 Å². The van der Waals surface area contributed by atoms with Gasteiger partial charge in [0.15, 0.2) is 0 Å². The normalized spacial score (nSPS) is 12.6. The lowest BCUT2D eigenvalue weighted by molar-refractivity contribution is -0.133. The molecule has 0 radical (unpaired) electrons. The third-order valence-electron chi connectivity index (χ3n) is 7.66. The predicted molar refractivity (Wildman–Crippen MR) is 179 cm³/mol. The highest BCUT2D eigenvalue weighted by atomic mass is 35.5. The standard InChI is InChI=1S/C34H34Cl2N4O6/c1-43-27-12-25(13-28(16-27)44-2)40(26-14-29(45-3)17-30(15-26)46-4)34(42)38-24-8-6-21-18-39(19-22(21)9-24)33(41)32(37)10-20-5-7-23(35)11-31(20)36/h5-9,11-17,32H,10,18-19,37H2,1-4H3,(H,38,42). The molecule has 4 aromatic carbocycles. The molecule has 5 rings (SSSR count). The number of rotatable bonds is 10. The Bertz CT molecular complexity index is 1670. The van der Waals surface area contributed by atoms with E-state index in [0.29, 0.717) is 63.2 Å². The molecule has 1 aliphatic rings. The van der Waals surface area contributed by atoms with E-state index in [4.69, 9.17) is 47.9 Å². The average molecular weight is 666 g/mol. The van der Waals surface area contributed by atoms with Gasteiger partial charge in [-0.25, -0.2) is 4.79 Å². The molecule has 0 aliphatic carbocycles. The van der Waals surface area contributed by atoms with E-state index in [1.54, 1.807) is 65.6 Å². The summed E-state index contributed by atoms with van der Waals surface area (Å²) in [6.45, 7) is 0.758. The Kier molecular flexibility index (Phi) is 10.1. The molecule has 1 heterocycles. The second kappa shape index (κ2) is 14.2. The molecule has 0 spiro atoms. The summed E-state index contributed by atoms with van der Waals surface area (Å²) in [5.41, 5.74) is 10.4. The van der Waals surface area contributed by atoms with Crippen LogP contribution >= 0.6 is 23.2 Å². The summed E-state index contributed by atoms with van der Waals surface area (Å²) in [6, 6.07) is 19.8. The molecule has 1 aliphatic heterocycles. The molecule has 0 aromatic heterocycles. The van der Waals surface area contributed by atoms with Gasteiger partial charge in [-0.1, -0.05) is 35.3 Å². The summed E-state index contributed by atoms with van der Waals surface area (Å²) in [7, 11) is 6.15. The number of carbonyl (C=O) groups excluding carboxylic acids is 2. The monoisotopic (exact) mass is 664 g/mol. The number of ether oxygens (including phenoxy) is 4. The van der Waals surface area contributed by atoms with E-state index in [9.17, 15) is 9.59 Å².